The SMILES string of the molecule is CC(C)NC(C)CCCNC(=O)c1c2ccc(Cl)cc2c(-c2ccccc2)n1C.Cl. The molecule has 1 unspecified atom stereocenters. The summed E-state index contributed by atoms with van der Waals surface area (Å²) in [7, 11) is 1.94. The Hall–Kier alpha value is -2.01. The Morgan fingerprint density at radius 1 is 1.07 bits per heavy atom. The summed E-state index contributed by atoms with van der Waals surface area (Å²) in [6.07, 6.45) is 1.96. The molecule has 0 bridgehead atoms. The highest BCUT2D eigenvalue weighted by Crippen LogP contribution is 2.35. The van der Waals surface area contributed by atoms with Gasteiger partial charge in [-0.1, -0.05) is 61.8 Å². The van der Waals surface area contributed by atoms with E-state index in [4.69, 9.17) is 11.6 Å². The predicted molar refractivity (Wildman–Crippen MR) is 130 cm³/mol. The first-order chi connectivity index (χ1) is 13.9. The van der Waals surface area contributed by atoms with Gasteiger partial charge < -0.3 is 15.2 Å². The molecule has 0 fully saturated rings. The number of aromatic nitrogens is 1. The summed E-state index contributed by atoms with van der Waals surface area (Å²) in [6.45, 7) is 7.14. The number of carbonyl (C=O) groups excluding carboxylic acids is 1. The fraction of sp³-hybridized carbons (Fsp3) is 0.375. The monoisotopic (exact) mass is 447 g/mol. The molecule has 0 saturated heterocycles. The van der Waals surface area contributed by atoms with Gasteiger partial charge in [0.2, 0.25) is 0 Å². The van der Waals surface area contributed by atoms with Crippen molar-refractivity contribution in [3.63, 3.8) is 0 Å². The third-order valence-corrected chi connectivity index (χ3v) is 5.38. The van der Waals surface area contributed by atoms with Gasteiger partial charge in [-0.15, -0.1) is 12.4 Å². The van der Waals surface area contributed by atoms with E-state index in [9.17, 15) is 4.79 Å². The van der Waals surface area contributed by atoms with Crippen molar-refractivity contribution >= 4 is 40.7 Å². The zero-order chi connectivity index (χ0) is 21.0. The van der Waals surface area contributed by atoms with Gasteiger partial charge in [-0.2, -0.15) is 0 Å². The molecule has 0 radical (unpaired) electrons. The molecule has 1 amide bonds. The maximum absolute atomic E-state index is 13.1. The van der Waals surface area contributed by atoms with Gasteiger partial charge in [0.25, 0.3) is 5.91 Å². The van der Waals surface area contributed by atoms with Gasteiger partial charge >= 0.3 is 0 Å². The van der Waals surface area contributed by atoms with Gasteiger partial charge in [-0.25, -0.2) is 0 Å². The van der Waals surface area contributed by atoms with Crippen LogP contribution in [0.3, 0.4) is 0 Å². The van der Waals surface area contributed by atoms with Gasteiger partial charge in [-0.3, -0.25) is 4.79 Å². The number of hydrogen-bond donors (Lipinski definition) is 2. The molecule has 0 saturated carbocycles. The molecule has 6 heteroatoms. The van der Waals surface area contributed by atoms with Crippen molar-refractivity contribution in [3.05, 3.63) is 59.2 Å². The maximum Gasteiger partial charge on any atom is 0.268 e. The molecule has 3 rings (SSSR count). The first kappa shape index (κ1) is 24.3. The molecule has 30 heavy (non-hydrogen) atoms. The van der Waals surface area contributed by atoms with Crippen molar-refractivity contribution in [2.24, 2.45) is 7.05 Å². The summed E-state index contributed by atoms with van der Waals surface area (Å²) < 4.78 is 1.98. The first-order valence-corrected chi connectivity index (χ1v) is 10.6. The largest absolute Gasteiger partial charge is 0.351 e. The number of nitrogens with one attached hydrogen (secondary N) is 2. The second-order valence-corrected chi connectivity index (χ2v) is 8.37. The Morgan fingerprint density at radius 2 is 1.77 bits per heavy atom. The van der Waals surface area contributed by atoms with Crippen LogP contribution in [0.2, 0.25) is 5.02 Å². The molecule has 1 atom stereocenters. The molecule has 0 aliphatic heterocycles. The van der Waals surface area contributed by atoms with Crippen LogP contribution >= 0.6 is 24.0 Å². The molecule has 3 aromatic rings. The maximum atomic E-state index is 13.1. The Labute approximate surface area is 190 Å². The van der Waals surface area contributed by atoms with Crippen LogP contribution in [0.4, 0.5) is 0 Å². The van der Waals surface area contributed by atoms with Crippen molar-refractivity contribution in [2.75, 3.05) is 6.54 Å². The minimum absolute atomic E-state index is 0. The van der Waals surface area contributed by atoms with Crippen molar-refractivity contribution in [1.82, 2.24) is 15.2 Å². The summed E-state index contributed by atoms with van der Waals surface area (Å²) in [5, 5.41) is 9.17. The normalized spacial score (nSPS) is 12.1. The highest BCUT2D eigenvalue weighted by molar-refractivity contribution is 6.31. The number of amides is 1. The van der Waals surface area contributed by atoms with Gasteiger partial charge in [0.1, 0.15) is 5.69 Å². The molecule has 0 aliphatic carbocycles. The Morgan fingerprint density at radius 3 is 2.43 bits per heavy atom. The van der Waals surface area contributed by atoms with E-state index in [0.29, 0.717) is 29.3 Å². The quantitative estimate of drug-likeness (QED) is 0.427. The van der Waals surface area contributed by atoms with Gasteiger partial charge in [-0.05, 0) is 37.5 Å². The average Bonchev–Trinajstić information content (AvgIpc) is 2.96. The first-order valence-electron chi connectivity index (χ1n) is 10.3. The second-order valence-electron chi connectivity index (χ2n) is 7.93. The molecule has 0 spiro atoms. The standard InChI is InChI=1S/C24H30ClN3O.ClH/c1-16(2)27-17(3)9-8-14-26-24(29)23-20-13-12-19(25)15-21(20)22(28(23)4)18-10-6-5-7-11-18;/h5-7,10-13,15-17,27H,8-9,14H2,1-4H3,(H,26,29);1H. The summed E-state index contributed by atoms with van der Waals surface area (Å²) in [6, 6.07) is 16.7. The molecule has 2 N–H and O–H groups in total. The molecule has 162 valence electrons. The van der Waals surface area contributed by atoms with Crippen LogP contribution in [-0.4, -0.2) is 29.1 Å². The predicted octanol–water partition coefficient (Wildman–Crippen LogP) is 5.82. The van der Waals surface area contributed by atoms with Crippen molar-refractivity contribution in [2.45, 2.75) is 45.7 Å². The number of benzene rings is 2. The third-order valence-electron chi connectivity index (χ3n) is 5.14. The van der Waals surface area contributed by atoms with Crippen LogP contribution in [0.25, 0.3) is 22.0 Å². The second kappa shape index (κ2) is 10.9. The van der Waals surface area contributed by atoms with E-state index in [-0.39, 0.29) is 18.3 Å². The number of nitrogens with zero attached hydrogens (tertiary/aromatic N) is 1. The summed E-state index contributed by atoms with van der Waals surface area (Å²) in [4.78, 5) is 13.1. The number of rotatable bonds is 8. The third kappa shape index (κ3) is 5.57. The van der Waals surface area contributed by atoms with E-state index in [2.05, 4.69) is 43.5 Å². The van der Waals surface area contributed by atoms with Gasteiger partial charge in [0.15, 0.2) is 0 Å². The zero-order valence-corrected chi connectivity index (χ0v) is 19.6. The van der Waals surface area contributed by atoms with Crippen molar-refractivity contribution in [3.8, 4) is 11.3 Å². The lowest BCUT2D eigenvalue weighted by Gasteiger charge is -2.16. The van der Waals surface area contributed by atoms with E-state index >= 15 is 0 Å². The van der Waals surface area contributed by atoms with Crippen LogP contribution < -0.4 is 10.6 Å². The lowest BCUT2D eigenvalue weighted by molar-refractivity contribution is 0.0946. The number of halogens is 2. The molecule has 2 aromatic carbocycles. The lowest BCUT2D eigenvalue weighted by Crippen LogP contribution is -2.33. The van der Waals surface area contributed by atoms with Crippen LogP contribution in [0.5, 0.6) is 0 Å². The van der Waals surface area contributed by atoms with Gasteiger partial charge in [0, 0.05) is 41.5 Å². The van der Waals surface area contributed by atoms with E-state index < -0.39 is 0 Å². The van der Waals surface area contributed by atoms with Crippen LogP contribution in [-0.2, 0) is 7.05 Å². The molecule has 4 nitrogen and oxygen atoms in total. The van der Waals surface area contributed by atoms with Crippen molar-refractivity contribution in [1.29, 1.82) is 0 Å². The number of hydrogen-bond acceptors (Lipinski definition) is 2. The molecule has 0 aliphatic rings. The minimum atomic E-state index is -0.0496. The Kier molecular flexibility index (Phi) is 8.78. The smallest absolute Gasteiger partial charge is 0.268 e. The van der Waals surface area contributed by atoms with Crippen molar-refractivity contribution < 1.29 is 4.79 Å². The van der Waals surface area contributed by atoms with E-state index in [0.717, 1.165) is 34.9 Å². The molecule has 1 aromatic heterocycles. The Bertz CT molecular complexity index is 983. The van der Waals surface area contributed by atoms with E-state index in [1.165, 1.54) is 0 Å². The lowest BCUT2D eigenvalue weighted by atomic mass is 10.1. The highest BCUT2D eigenvalue weighted by atomic mass is 35.5. The molecular weight excluding hydrogens is 417 g/mol. The summed E-state index contributed by atoms with van der Waals surface area (Å²) in [5.74, 6) is -0.0496. The van der Waals surface area contributed by atoms with Gasteiger partial charge in [0.05, 0.1) is 5.69 Å². The highest BCUT2D eigenvalue weighted by Gasteiger charge is 2.21. The number of fused-ring (bicyclic) bond motifs is 1. The van der Waals surface area contributed by atoms with Crippen LogP contribution in [0.1, 0.15) is 44.1 Å². The molecular formula is C24H31Cl2N3O. The molecule has 1 heterocycles. The van der Waals surface area contributed by atoms with E-state index in [1.807, 2.05) is 48.0 Å². The van der Waals surface area contributed by atoms with Crippen LogP contribution in [0.15, 0.2) is 48.5 Å². The zero-order valence-electron chi connectivity index (χ0n) is 18.0. The Balaban J connectivity index is 0.00000320. The average molecular weight is 448 g/mol. The van der Waals surface area contributed by atoms with Crippen LogP contribution in [0, 0.1) is 0 Å². The minimum Gasteiger partial charge on any atom is -0.351 e. The fourth-order valence-corrected chi connectivity index (χ4v) is 4.13. The fourth-order valence-electron chi connectivity index (χ4n) is 3.96. The van der Waals surface area contributed by atoms with E-state index in [1.54, 1.807) is 0 Å². The summed E-state index contributed by atoms with van der Waals surface area (Å²) >= 11 is 6.27. The summed E-state index contributed by atoms with van der Waals surface area (Å²) in [5.41, 5.74) is 2.74. The topological polar surface area (TPSA) is 46.1 Å². The number of carbonyl (C=O) groups is 1.